The fourth-order valence-electron chi connectivity index (χ4n) is 0.492. The maximum absolute atomic E-state index is 5.32. The summed E-state index contributed by atoms with van der Waals surface area (Å²) >= 11 is 0. The van der Waals surface area contributed by atoms with Crippen molar-refractivity contribution in [3.63, 3.8) is 0 Å². The van der Waals surface area contributed by atoms with E-state index in [0.29, 0.717) is 19.0 Å². The molecule has 0 aliphatic heterocycles. The Morgan fingerprint density at radius 1 is 1.40 bits per heavy atom. The van der Waals surface area contributed by atoms with Gasteiger partial charge in [-0.15, -0.1) is 5.92 Å². The molecule has 0 heterocycles. The Kier molecular flexibility index (Phi) is 9.18. The van der Waals surface area contributed by atoms with Crippen molar-refractivity contribution in [1.29, 1.82) is 0 Å². The van der Waals surface area contributed by atoms with Gasteiger partial charge in [0.15, 0.2) is 0 Å². The predicted molar refractivity (Wildman–Crippen MR) is 39.8 cm³/mol. The zero-order valence-electron chi connectivity index (χ0n) is 6.47. The van der Waals surface area contributed by atoms with Crippen LogP contribution in [0.3, 0.4) is 0 Å². The van der Waals surface area contributed by atoms with E-state index in [2.05, 4.69) is 12.2 Å². The summed E-state index contributed by atoms with van der Waals surface area (Å²) in [7, 11) is 0. The molecule has 0 radical (unpaired) electrons. The van der Waals surface area contributed by atoms with Crippen molar-refractivity contribution in [1.82, 2.24) is 5.32 Å². The first-order valence-corrected chi connectivity index (χ1v) is 3.25. The van der Waals surface area contributed by atoms with E-state index in [1.807, 2.05) is 0 Å². The van der Waals surface area contributed by atoms with Crippen LogP contribution >= 0.6 is 0 Å². The standard InChI is InChI=1S/C6H16N3.Rf/c1-6(4-8)5-9-3-2-7;/h6,9H,1-5,7-8H2;/q-1;. The van der Waals surface area contributed by atoms with Crippen LogP contribution in [0.1, 0.15) is 0 Å². The minimum absolute atomic E-state index is 0. The van der Waals surface area contributed by atoms with E-state index in [-0.39, 0.29) is 0 Å². The van der Waals surface area contributed by atoms with E-state index in [1.54, 1.807) is 0 Å². The molecule has 0 aromatic carbocycles. The molecule has 0 saturated heterocycles. The van der Waals surface area contributed by atoms with E-state index < -0.39 is 0 Å². The second-order valence-corrected chi connectivity index (χ2v) is 2.09. The zero-order chi connectivity index (χ0) is 7.11. The Bertz CT molecular complexity index is 61.0. The van der Waals surface area contributed by atoms with Crippen LogP contribution in [0.2, 0.25) is 0 Å². The minimum atomic E-state index is 0. The van der Waals surface area contributed by atoms with Crippen LogP contribution in [-0.2, 0) is 0 Å². The Labute approximate surface area is 56.8 Å². The van der Waals surface area contributed by atoms with Crippen LogP contribution in [0.15, 0.2) is 0 Å². The molecule has 1 atom stereocenters. The SMILES string of the molecule is [CH2-]C(CN)CNCCN.[Rf]. The number of nitrogens with one attached hydrogen (secondary N) is 1. The summed E-state index contributed by atoms with van der Waals surface area (Å²) in [5, 5.41) is 3.12. The van der Waals surface area contributed by atoms with Crippen LogP contribution in [0.25, 0.3) is 0 Å². The smallest absolute Gasteiger partial charge is 0.00735 e. The molecular weight excluding hydrogens is 381 g/mol. The van der Waals surface area contributed by atoms with Crippen LogP contribution in [-0.4, -0.2) is 26.2 Å². The molecule has 0 aromatic heterocycles. The third-order valence-electron chi connectivity index (χ3n) is 1.09. The molecule has 0 rings (SSSR count). The number of nitrogens with two attached hydrogens (primary N) is 2. The first-order chi connectivity index (χ1) is 4.31. The van der Waals surface area contributed by atoms with Gasteiger partial charge in [-0.3, -0.25) is 0 Å². The number of rotatable bonds is 5. The average Bonchev–Trinajstić information content (AvgIpc) is 1.89. The summed E-state index contributed by atoms with van der Waals surface area (Å²) in [5.41, 5.74) is 10.6. The van der Waals surface area contributed by atoms with Gasteiger partial charge in [0.25, 0.3) is 0 Å². The van der Waals surface area contributed by atoms with Gasteiger partial charge in [-0.05, 0) is 13.1 Å². The van der Waals surface area contributed by atoms with Gasteiger partial charge in [-0.25, -0.2) is 0 Å². The number of hydrogen-bond donors (Lipinski definition) is 3. The summed E-state index contributed by atoms with van der Waals surface area (Å²) in [5.74, 6) is 0.316. The Morgan fingerprint density at radius 2 is 2.00 bits per heavy atom. The van der Waals surface area contributed by atoms with Gasteiger partial charge < -0.3 is 23.7 Å². The minimum Gasteiger partial charge on any atom is -0.338 e. The topological polar surface area (TPSA) is 64.1 Å². The molecule has 0 saturated carbocycles. The van der Waals surface area contributed by atoms with Crippen LogP contribution in [0.5, 0.6) is 0 Å². The molecule has 4 heteroatoms. The molecule has 0 fully saturated rings. The molecule has 0 amide bonds. The summed E-state index contributed by atoms with van der Waals surface area (Å²) in [6, 6.07) is 0. The molecule has 10 heavy (non-hydrogen) atoms. The van der Waals surface area contributed by atoms with Gasteiger partial charge in [0.05, 0.1) is 0 Å². The van der Waals surface area contributed by atoms with E-state index in [1.165, 1.54) is 0 Å². The summed E-state index contributed by atoms with van der Waals surface area (Å²) < 4.78 is 0. The normalized spacial score (nSPS) is 12.3. The van der Waals surface area contributed by atoms with E-state index in [0.717, 1.165) is 13.1 Å². The molecule has 5 N–H and O–H groups in total. The average molecular weight is 397 g/mol. The van der Waals surface area contributed by atoms with E-state index >= 15 is 0 Å². The Balaban J connectivity index is 0. The molecule has 0 aromatic rings. The van der Waals surface area contributed by atoms with Gasteiger partial charge in [0.1, 0.15) is 0 Å². The Hall–Kier alpha value is -1.12. The van der Waals surface area contributed by atoms with E-state index in [9.17, 15) is 0 Å². The molecular formula is C6H16N3Rf-. The molecule has 3 nitrogen and oxygen atoms in total. The monoisotopic (exact) mass is 397 g/mol. The molecule has 0 aliphatic carbocycles. The quantitative estimate of drug-likeness (QED) is 0.410. The summed E-state index contributed by atoms with van der Waals surface area (Å²) in [4.78, 5) is 0. The zero-order valence-corrected chi connectivity index (χ0v) is 12.9. The van der Waals surface area contributed by atoms with Crippen LogP contribution < -0.4 is 16.8 Å². The maximum Gasteiger partial charge on any atom is 0.00735 e. The van der Waals surface area contributed by atoms with Crippen molar-refractivity contribution in [3.8, 4) is 0 Å². The molecule has 0 spiro atoms. The fourth-order valence-corrected chi connectivity index (χ4v) is 0.492. The van der Waals surface area contributed by atoms with Crippen molar-refractivity contribution in [2.24, 2.45) is 17.4 Å². The van der Waals surface area contributed by atoms with Gasteiger partial charge in [-0.1, -0.05) is 0 Å². The molecule has 0 aliphatic rings. The van der Waals surface area contributed by atoms with Crippen LogP contribution in [0.4, 0.5) is 0 Å². The summed E-state index contributed by atoms with van der Waals surface area (Å²) in [6.07, 6.45) is 0. The van der Waals surface area contributed by atoms with Crippen molar-refractivity contribution in [2.45, 2.75) is 0 Å². The van der Waals surface area contributed by atoms with Gasteiger partial charge >= 0.3 is 0 Å². The van der Waals surface area contributed by atoms with Gasteiger partial charge in [0, 0.05) is 13.1 Å². The third-order valence-corrected chi connectivity index (χ3v) is 1.09. The van der Waals surface area contributed by atoms with Gasteiger partial charge in [-0.2, -0.15) is 0 Å². The first-order valence-electron chi connectivity index (χ1n) is 3.25. The maximum atomic E-state index is 5.32. The fraction of sp³-hybridized carbons (Fsp3) is 0.833. The molecule has 1 unspecified atom stereocenters. The molecule has 0 bridgehead atoms. The van der Waals surface area contributed by atoms with Crippen molar-refractivity contribution >= 4 is 0 Å². The van der Waals surface area contributed by atoms with Crippen LogP contribution in [0, 0.1) is 12.8 Å². The van der Waals surface area contributed by atoms with Crippen molar-refractivity contribution < 1.29 is 0 Å². The Morgan fingerprint density at radius 3 is 2.40 bits per heavy atom. The predicted octanol–water partition coefficient (Wildman–Crippen LogP) is -1.06. The number of hydrogen-bond acceptors (Lipinski definition) is 3. The first kappa shape index (κ1) is 11.6. The van der Waals surface area contributed by atoms with Crippen molar-refractivity contribution in [2.75, 3.05) is 26.2 Å². The third kappa shape index (κ3) is 6.88. The van der Waals surface area contributed by atoms with E-state index in [4.69, 9.17) is 11.5 Å². The second kappa shape index (κ2) is 7.88. The van der Waals surface area contributed by atoms with Crippen molar-refractivity contribution in [3.05, 3.63) is 6.92 Å². The largest absolute Gasteiger partial charge is 0.338 e. The second-order valence-electron chi connectivity index (χ2n) is 2.09. The summed E-state index contributed by atoms with van der Waals surface area (Å²) in [6.45, 7) is 6.84. The van der Waals surface area contributed by atoms with Gasteiger partial charge in [0.2, 0.25) is 0 Å². The molecule has 58 valence electrons.